The number of hydrogen-bond donors (Lipinski definition) is 0. The number of ketones is 1. The first-order valence-electron chi connectivity index (χ1n) is 10.5. The van der Waals surface area contributed by atoms with Crippen LogP contribution >= 0.6 is 0 Å². The molecule has 0 bridgehead atoms. The first-order chi connectivity index (χ1) is 15.4. The van der Waals surface area contributed by atoms with E-state index < -0.39 is 11.8 Å². The van der Waals surface area contributed by atoms with Crippen molar-refractivity contribution in [3.8, 4) is 11.5 Å². The van der Waals surface area contributed by atoms with E-state index in [0.717, 1.165) is 22.0 Å². The monoisotopic (exact) mass is 430 g/mol. The fourth-order valence-corrected chi connectivity index (χ4v) is 4.33. The summed E-state index contributed by atoms with van der Waals surface area (Å²) in [4.78, 5) is 39.3. The molecule has 0 saturated heterocycles. The van der Waals surface area contributed by atoms with Crippen molar-refractivity contribution < 1.29 is 23.9 Å². The number of carbonyl (C=O) groups excluding carboxylic acids is 3. The minimum atomic E-state index is -0.431. The maximum absolute atomic E-state index is 13.1. The highest BCUT2D eigenvalue weighted by atomic mass is 16.6. The second kappa shape index (κ2) is 7.67. The summed E-state index contributed by atoms with van der Waals surface area (Å²) in [5, 5.41) is 0. The zero-order valence-corrected chi connectivity index (χ0v) is 17.8. The van der Waals surface area contributed by atoms with Crippen LogP contribution in [0.5, 0.6) is 11.5 Å². The highest BCUT2D eigenvalue weighted by molar-refractivity contribution is 6.23. The van der Waals surface area contributed by atoms with Crippen LogP contribution in [0.2, 0.25) is 0 Å². The van der Waals surface area contributed by atoms with Gasteiger partial charge in [0.05, 0.1) is 24.2 Å². The average Bonchev–Trinajstić information content (AvgIpc) is 3.22. The van der Waals surface area contributed by atoms with Crippen LogP contribution in [-0.2, 0) is 6.54 Å². The predicted molar refractivity (Wildman–Crippen MR) is 116 cm³/mol. The van der Waals surface area contributed by atoms with Gasteiger partial charge in [0.25, 0.3) is 11.8 Å². The third kappa shape index (κ3) is 3.26. The van der Waals surface area contributed by atoms with Crippen molar-refractivity contribution in [2.75, 3.05) is 13.2 Å². The molecule has 3 aromatic rings. The molecule has 3 heterocycles. The number of hydrogen-bond acceptors (Lipinski definition) is 5. The summed E-state index contributed by atoms with van der Waals surface area (Å²) < 4.78 is 13.9. The van der Waals surface area contributed by atoms with Crippen LogP contribution in [0.1, 0.15) is 42.5 Å². The Balaban J connectivity index is 1.33. The number of fused-ring (bicyclic) bond motifs is 2. The van der Waals surface area contributed by atoms with Crippen LogP contribution in [0.3, 0.4) is 0 Å². The second-order valence-electron chi connectivity index (χ2n) is 8.06. The lowest BCUT2D eigenvalue weighted by Gasteiger charge is -2.27. The minimum Gasteiger partial charge on any atom is -0.486 e. The van der Waals surface area contributed by atoms with Gasteiger partial charge in [0.1, 0.15) is 6.61 Å². The summed E-state index contributed by atoms with van der Waals surface area (Å²) in [5.74, 6) is 0.290. The Hall–Kier alpha value is -3.87. The van der Waals surface area contributed by atoms with E-state index in [2.05, 4.69) is 0 Å². The van der Waals surface area contributed by atoms with Crippen LogP contribution in [-0.4, -0.2) is 46.3 Å². The van der Waals surface area contributed by atoms with Crippen molar-refractivity contribution in [3.63, 3.8) is 0 Å². The number of carbonyl (C=O) groups is 3. The molecule has 0 saturated carbocycles. The molecule has 2 aromatic carbocycles. The van der Waals surface area contributed by atoms with Gasteiger partial charge in [-0.3, -0.25) is 19.3 Å². The van der Waals surface area contributed by atoms with Crippen molar-refractivity contribution in [2.24, 2.45) is 0 Å². The SMILES string of the molecule is Cc1cc(C(=O)CN2C(=O)c3ccccc3C2=O)c(C)n1CC1COc2ccccc2O1. The van der Waals surface area contributed by atoms with Crippen LogP contribution in [0.25, 0.3) is 0 Å². The lowest BCUT2D eigenvalue weighted by molar-refractivity contribution is 0.0624. The number of benzene rings is 2. The van der Waals surface area contributed by atoms with Crippen molar-refractivity contribution in [1.29, 1.82) is 0 Å². The maximum Gasteiger partial charge on any atom is 0.261 e. The third-order valence-electron chi connectivity index (χ3n) is 6.01. The Labute approximate surface area is 185 Å². The number of amides is 2. The first-order valence-corrected chi connectivity index (χ1v) is 10.5. The van der Waals surface area contributed by atoms with E-state index in [1.807, 2.05) is 42.7 Å². The normalized spacial score (nSPS) is 16.9. The summed E-state index contributed by atoms with van der Waals surface area (Å²) in [7, 11) is 0. The summed E-state index contributed by atoms with van der Waals surface area (Å²) in [6.45, 7) is 4.43. The smallest absolute Gasteiger partial charge is 0.261 e. The molecular weight excluding hydrogens is 408 g/mol. The van der Waals surface area contributed by atoms with Gasteiger partial charge >= 0.3 is 0 Å². The Morgan fingerprint density at radius 2 is 1.59 bits per heavy atom. The molecule has 7 heteroatoms. The molecular formula is C25H22N2O5. The number of aryl methyl sites for hydroxylation is 1. The van der Waals surface area contributed by atoms with Crippen LogP contribution < -0.4 is 9.47 Å². The molecule has 0 fully saturated rings. The largest absolute Gasteiger partial charge is 0.486 e. The molecule has 0 spiro atoms. The third-order valence-corrected chi connectivity index (χ3v) is 6.01. The molecule has 0 N–H and O–H groups in total. The summed E-state index contributed by atoms with van der Waals surface area (Å²) in [6, 6.07) is 16.0. The van der Waals surface area contributed by atoms with Crippen LogP contribution in [0, 0.1) is 13.8 Å². The number of Topliss-reactive ketones (excluding diaryl/α,β-unsaturated/α-hetero) is 1. The van der Waals surface area contributed by atoms with Crippen LogP contribution in [0.4, 0.5) is 0 Å². The molecule has 0 aliphatic carbocycles. The highest BCUT2D eigenvalue weighted by Crippen LogP contribution is 2.32. The number of aromatic nitrogens is 1. The molecule has 0 radical (unpaired) electrons. The van der Waals surface area contributed by atoms with E-state index >= 15 is 0 Å². The molecule has 2 aliphatic rings. The fraction of sp³-hybridized carbons (Fsp3) is 0.240. The van der Waals surface area contributed by atoms with Gasteiger partial charge in [0, 0.05) is 17.0 Å². The first kappa shape index (κ1) is 20.1. The molecule has 2 amide bonds. The molecule has 1 aromatic heterocycles. The molecule has 1 atom stereocenters. The van der Waals surface area contributed by atoms with Gasteiger partial charge in [0.15, 0.2) is 23.4 Å². The Morgan fingerprint density at radius 1 is 0.969 bits per heavy atom. The Bertz CT molecular complexity index is 1220. The van der Waals surface area contributed by atoms with E-state index in [1.54, 1.807) is 30.3 Å². The molecule has 7 nitrogen and oxygen atoms in total. The van der Waals surface area contributed by atoms with Gasteiger partial charge in [-0.25, -0.2) is 0 Å². The van der Waals surface area contributed by atoms with Gasteiger partial charge in [-0.15, -0.1) is 0 Å². The number of para-hydroxylation sites is 2. The summed E-state index contributed by atoms with van der Waals surface area (Å²) in [6.07, 6.45) is -0.200. The van der Waals surface area contributed by atoms with E-state index in [9.17, 15) is 14.4 Å². The van der Waals surface area contributed by atoms with E-state index in [0.29, 0.717) is 35.6 Å². The Kier molecular flexibility index (Phi) is 4.81. The van der Waals surface area contributed by atoms with Gasteiger partial charge in [-0.2, -0.15) is 0 Å². The zero-order chi connectivity index (χ0) is 22.4. The fourth-order valence-electron chi connectivity index (χ4n) is 4.33. The van der Waals surface area contributed by atoms with Gasteiger partial charge in [0.2, 0.25) is 0 Å². The van der Waals surface area contributed by atoms with Crippen molar-refractivity contribution >= 4 is 17.6 Å². The number of imide groups is 1. The quantitative estimate of drug-likeness (QED) is 0.458. The molecule has 5 rings (SSSR count). The lowest BCUT2D eigenvalue weighted by Crippen LogP contribution is -2.35. The maximum atomic E-state index is 13.1. The van der Waals surface area contributed by atoms with E-state index in [-0.39, 0.29) is 18.4 Å². The van der Waals surface area contributed by atoms with Crippen LogP contribution in [0.15, 0.2) is 54.6 Å². The predicted octanol–water partition coefficient (Wildman–Crippen LogP) is 3.42. The van der Waals surface area contributed by atoms with Gasteiger partial charge in [-0.05, 0) is 44.2 Å². The summed E-state index contributed by atoms with van der Waals surface area (Å²) in [5.41, 5.74) is 2.84. The van der Waals surface area contributed by atoms with Gasteiger partial charge in [-0.1, -0.05) is 24.3 Å². The van der Waals surface area contributed by atoms with Crippen molar-refractivity contribution in [1.82, 2.24) is 9.47 Å². The summed E-state index contributed by atoms with van der Waals surface area (Å²) >= 11 is 0. The number of rotatable bonds is 5. The minimum absolute atomic E-state index is 0.200. The average molecular weight is 430 g/mol. The van der Waals surface area contributed by atoms with Crippen molar-refractivity contribution in [2.45, 2.75) is 26.5 Å². The molecule has 2 aliphatic heterocycles. The van der Waals surface area contributed by atoms with E-state index in [1.165, 1.54) is 0 Å². The standard InChI is InChI=1S/C25H22N2O5/c1-15-11-20(21(28)13-27-24(29)18-7-3-4-8-19(18)25(27)30)16(2)26(15)12-17-14-31-22-9-5-6-10-23(22)32-17/h3-11,17H,12-14H2,1-2H3. The highest BCUT2D eigenvalue weighted by Gasteiger charge is 2.37. The van der Waals surface area contributed by atoms with Gasteiger partial charge < -0.3 is 14.0 Å². The molecule has 32 heavy (non-hydrogen) atoms. The molecule has 1 unspecified atom stereocenters. The topological polar surface area (TPSA) is 77.8 Å². The molecule has 162 valence electrons. The number of ether oxygens (including phenoxy) is 2. The van der Waals surface area contributed by atoms with Crippen molar-refractivity contribution in [3.05, 3.63) is 82.7 Å². The number of nitrogens with zero attached hydrogens (tertiary/aromatic N) is 2. The lowest BCUT2D eigenvalue weighted by atomic mass is 10.1. The second-order valence-corrected chi connectivity index (χ2v) is 8.06. The zero-order valence-electron chi connectivity index (χ0n) is 17.8. The Morgan fingerprint density at radius 3 is 2.28 bits per heavy atom. The van der Waals surface area contributed by atoms with E-state index in [4.69, 9.17) is 9.47 Å².